The Bertz CT molecular complexity index is 1350. The molecule has 0 aliphatic rings. The number of rotatable bonds is 6. The van der Waals surface area contributed by atoms with E-state index in [0.717, 1.165) is 16.5 Å². The summed E-state index contributed by atoms with van der Waals surface area (Å²) in [7, 11) is 5.11. The molecule has 1 N–H and O–H groups in total. The summed E-state index contributed by atoms with van der Waals surface area (Å²) in [5, 5.41) is 4.84. The van der Waals surface area contributed by atoms with E-state index in [-0.39, 0.29) is 17.2 Å². The van der Waals surface area contributed by atoms with Gasteiger partial charge in [-0.25, -0.2) is 4.98 Å². The molecular weight excluding hydrogens is 436 g/mol. The van der Waals surface area contributed by atoms with E-state index in [1.165, 1.54) is 16.3 Å². The van der Waals surface area contributed by atoms with Gasteiger partial charge in [-0.3, -0.25) is 14.2 Å². The van der Waals surface area contributed by atoms with Crippen LogP contribution in [0.5, 0.6) is 5.75 Å². The number of fused-ring (bicyclic) bond motifs is 3. The molecule has 31 heavy (non-hydrogen) atoms. The predicted molar refractivity (Wildman–Crippen MR) is 124 cm³/mol. The number of ether oxygens (including phenoxy) is 1. The number of thioether (sulfide) groups is 1. The van der Waals surface area contributed by atoms with Crippen LogP contribution in [-0.4, -0.2) is 32.9 Å². The van der Waals surface area contributed by atoms with E-state index < -0.39 is 0 Å². The van der Waals surface area contributed by atoms with E-state index in [1.54, 1.807) is 26.3 Å². The molecule has 2 aromatic heterocycles. The Labute approximate surface area is 188 Å². The minimum Gasteiger partial charge on any atom is -0.497 e. The predicted octanol–water partition coefficient (Wildman–Crippen LogP) is 3.50. The first-order valence-electron chi connectivity index (χ1n) is 9.56. The molecule has 0 atom stereocenters. The van der Waals surface area contributed by atoms with E-state index in [2.05, 4.69) is 5.32 Å². The van der Waals surface area contributed by atoms with E-state index in [1.807, 2.05) is 41.9 Å². The van der Waals surface area contributed by atoms with Crippen molar-refractivity contribution in [3.05, 3.63) is 63.4 Å². The third-order valence-electron chi connectivity index (χ3n) is 5.12. The van der Waals surface area contributed by atoms with Gasteiger partial charge in [-0.1, -0.05) is 35.5 Å². The summed E-state index contributed by atoms with van der Waals surface area (Å²) < 4.78 is 8.65. The second kappa shape index (κ2) is 8.64. The molecule has 0 unspecified atom stereocenters. The lowest BCUT2D eigenvalue weighted by molar-refractivity contribution is -0.118. The number of hydrogen-bond donors (Lipinski definition) is 1. The third-order valence-corrected chi connectivity index (χ3v) is 6.40. The summed E-state index contributed by atoms with van der Waals surface area (Å²) in [5.41, 5.74) is 2.81. The lowest BCUT2D eigenvalue weighted by Gasteiger charge is -2.09. The van der Waals surface area contributed by atoms with Gasteiger partial charge < -0.3 is 14.6 Å². The number of nitrogens with zero attached hydrogens (tertiary/aromatic N) is 3. The van der Waals surface area contributed by atoms with E-state index >= 15 is 0 Å². The molecule has 0 spiro atoms. The summed E-state index contributed by atoms with van der Waals surface area (Å²) in [4.78, 5) is 30.1. The van der Waals surface area contributed by atoms with Crippen LogP contribution in [0, 0.1) is 0 Å². The first-order chi connectivity index (χ1) is 14.9. The van der Waals surface area contributed by atoms with Crippen molar-refractivity contribution in [2.45, 2.75) is 11.7 Å². The van der Waals surface area contributed by atoms with Gasteiger partial charge in [0.1, 0.15) is 16.8 Å². The highest BCUT2D eigenvalue weighted by atomic mass is 35.5. The molecule has 2 heterocycles. The molecule has 0 radical (unpaired) electrons. The zero-order valence-electron chi connectivity index (χ0n) is 17.3. The fraction of sp³-hybridized carbons (Fsp3) is 0.227. The number of hydrogen-bond acceptors (Lipinski definition) is 5. The Morgan fingerprint density at radius 3 is 2.61 bits per heavy atom. The molecule has 160 valence electrons. The van der Waals surface area contributed by atoms with Crippen molar-refractivity contribution >= 4 is 51.2 Å². The van der Waals surface area contributed by atoms with E-state index in [4.69, 9.17) is 21.3 Å². The maximum absolute atomic E-state index is 13.0. The van der Waals surface area contributed by atoms with Crippen molar-refractivity contribution in [1.29, 1.82) is 0 Å². The van der Waals surface area contributed by atoms with Gasteiger partial charge in [-0.15, -0.1) is 0 Å². The highest BCUT2D eigenvalue weighted by Crippen LogP contribution is 2.29. The molecule has 7 nitrogen and oxygen atoms in total. The largest absolute Gasteiger partial charge is 0.497 e. The summed E-state index contributed by atoms with van der Waals surface area (Å²) >= 11 is 7.11. The average molecular weight is 457 g/mol. The minimum absolute atomic E-state index is 0.145. The van der Waals surface area contributed by atoms with Crippen molar-refractivity contribution in [3.8, 4) is 5.75 Å². The highest BCUT2D eigenvalue weighted by molar-refractivity contribution is 7.99. The lowest BCUT2D eigenvalue weighted by atomic mass is 10.2. The molecule has 0 aliphatic heterocycles. The molecule has 2 aromatic carbocycles. The molecule has 4 rings (SSSR count). The van der Waals surface area contributed by atoms with Gasteiger partial charge >= 0.3 is 0 Å². The van der Waals surface area contributed by atoms with Crippen molar-refractivity contribution in [2.75, 3.05) is 12.9 Å². The van der Waals surface area contributed by atoms with Gasteiger partial charge in [0.25, 0.3) is 5.56 Å². The molecular formula is C22H21ClN4O3S. The van der Waals surface area contributed by atoms with Crippen molar-refractivity contribution in [1.82, 2.24) is 19.4 Å². The Balaban J connectivity index is 1.58. The normalized spacial score (nSPS) is 11.2. The van der Waals surface area contributed by atoms with Crippen LogP contribution >= 0.6 is 23.4 Å². The quantitative estimate of drug-likeness (QED) is 0.355. The van der Waals surface area contributed by atoms with Gasteiger partial charge in [0.05, 0.1) is 18.4 Å². The Hall–Kier alpha value is -2.97. The number of benzene rings is 2. The number of carbonyl (C=O) groups excluding carboxylic acids is 1. The molecule has 0 bridgehead atoms. The van der Waals surface area contributed by atoms with Crippen LogP contribution in [0.3, 0.4) is 0 Å². The van der Waals surface area contributed by atoms with Gasteiger partial charge in [-0.2, -0.15) is 0 Å². The summed E-state index contributed by atoms with van der Waals surface area (Å²) in [6, 6.07) is 12.9. The number of aromatic nitrogens is 3. The van der Waals surface area contributed by atoms with Crippen LogP contribution in [0.15, 0.2) is 52.4 Å². The fourth-order valence-electron chi connectivity index (χ4n) is 3.42. The summed E-state index contributed by atoms with van der Waals surface area (Å²) in [5.74, 6) is 0.695. The van der Waals surface area contributed by atoms with E-state index in [9.17, 15) is 9.59 Å². The maximum Gasteiger partial charge on any atom is 0.278 e. The number of halogens is 1. The van der Waals surface area contributed by atoms with Crippen LogP contribution < -0.4 is 15.6 Å². The monoisotopic (exact) mass is 456 g/mol. The summed E-state index contributed by atoms with van der Waals surface area (Å²) in [6.07, 6.45) is 0. The smallest absolute Gasteiger partial charge is 0.278 e. The third kappa shape index (κ3) is 4.13. The SMILES string of the molecule is COc1ccc2c(c1)c1nc(SCC(=O)NCc3ccc(Cl)cc3)n(C)c(=O)c1n2C. The molecule has 4 aromatic rings. The molecule has 0 saturated heterocycles. The number of aryl methyl sites for hydroxylation is 1. The van der Waals surface area contributed by atoms with Crippen molar-refractivity contribution in [3.63, 3.8) is 0 Å². The van der Waals surface area contributed by atoms with Gasteiger partial charge in [0.2, 0.25) is 5.91 Å². The zero-order chi connectivity index (χ0) is 22.1. The Morgan fingerprint density at radius 2 is 1.90 bits per heavy atom. The number of carbonyl (C=O) groups is 1. The Morgan fingerprint density at radius 1 is 1.16 bits per heavy atom. The zero-order valence-corrected chi connectivity index (χ0v) is 18.9. The van der Waals surface area contributed by atoms with Gasteiger partial charge in [0, 0.05) is 31.0 Å². The van der Waals surface area contributed by atoms with Crippen molar-refractivity contribution < 1.29 is 9.53 Å². The number of amides is 1. The minimum atomic E-state index is -0.160. The average Bonchev–Trinajstić information content (AvgIpc) is 3.06. The topological polar surface area (TPSA) is 78.2 Å². The molecule has 1 amide bonds. The molecule has 0 aliphatic carbocycles. The Kier molecular flexibility index (Phi) is 5.93. The second-order valence-corrected chi connectivity index (χ2v) is 8.47. The van der Waals surface area contributed by atoms with Crippen LogP contribution in [-0.2, 0) is 25.4 Å². The van der Waals surface area contributed by atoms with Crippen LogP contribution in [0.25, 0.3) is 21.9 Å². The first kappa shape index (κ1) is 21.3. The lowest BCUT2D eigenvalue weighted by Crippen LogP contribution is -2.26. The maximum atomic E-state index is 13.0. The van der Waals surface area contributed by atoms with E-state index in [0.29, 0.717) is 33.5 Å². The summed E-state index contributed by atoms with van der Waals surface area (Å²) in [6.45, 7) is 0.408. The van der Waals surface area contributed by atoms with Crippen LogP contribution in [0.2, 0.25) is 5.02 Å². The standard InChI is InChI=1S/C22H21ClN4O3S/c1-26-17-9-8-15(30-3)10-16(17)19-20(26)21(29)27(2)22(25-19)31-12-18(28)24-11-13-4-6-14(23)7-5-13/h4-10H,11-12H2,1-3H3,(H,24,28). The van der Waals surface area contributed by atoms with Crippen LogP contribution in [0.4, 0.5) is 0 Å². The van der Waals surface area contributed by atoms with Gasteiger partial charge in [-0.05, 0) is 35.9 Å². The number of methoxy groups -OCH3 is 1. The number of nitrogens with one attached hydrogen (secondary N) is 1. The van der Waals surface area contributed by atoms with Gasteiger partial charge in [0.15, 0.2) is 5.16 Å². The van der Waals surface area contributed by atoms with Crippen molar-refractivity contribution in [2.24, 2.45) is 14.1 Å². The molecule has 0 saturated carbocycles. The first-order valence-corrected chi connectivity index (χ1v) is 10.9. The molecule has 0 fully saturated rings. The second-order valence-electron chi connectivity index (χ2n) is 7.09. The molecule has 9 heteroatoms. The highest BCUT2D eigenvalue weighted by Gasteiger charge is 2.18. The fourth-order valence-corrected chi connectivity index (χ4v) is 4.34. The van der Waals surface area contributed by atoms with Crippen LogP contribution in [0.1, 0.15) is 5.56 Å².